The standard InChI is InChI=1S/C10H19N5S/c11-13-12-2-3-14-4-6-15(7-5-14)10-1-8-16-9-10/h10H,1-9H2/t10-/m1/s1. The molecule has 0 spiro atoms. The minimum absolute atomic E-state index is 0.607. The van der Waals surface area contributed by atoms with Crippen molar-refractivity contribution in [2.24, 2.45) is 5.11 Å². The van der Waals surface area contributed by atoms with Gasteiger partial charge in [0.25, 0.3) is 0 Å². The van der Waals surface area contributed by atoms with E-state index in [9.17, 15) is 0 Å². The van der Waals surface area contributed by atoms with E-state index in [2.05, 4.69) is 31.6 Å². The van der Waals surface area contributed by atoms with E-state index in [-0.39, 0.29) is 0 Å². The maximum atomic E-state index is 8.21. The molecule has 90 valence electrons. The van der Waals surface area contributed by atoms with Crippen molar-refractivity contribution in [3.8, 4) is 0 Å². The monoisotopic (exact) mass is 241 g/mol. The van der Waals surface area contributed by atoms with Crippen molar-refractivity contribution in [1.29, 1.82) is 0 Å². The molecule has 5 nitrogen and oxygen atoms in total. The van der Waals surface area contributed by atoms with Gasteiger partial charge in [0.2, 0.25) is 0 Å². The summed E-state index contributed by atoms with van der Waals surface area (Å²) >= 11 is 2.08. The Morgan fingerprint density at radius 3 is 2.75 bits per heavy atom. The van der Waals surface area contributed by atoms with Crippen LogP contribution < -0.4 is 0 Å². The molecule has 2 saturated heterocycles. The van der Waals surface area contributed by atoms with Crippen LogP contribution >= 0.6 is 11.8 Å². The average Bonchev–Trinajstić information content (AvgIpc) is 2.84. The summed E-state index contributed by atoms with van der Waals surface area (Å²) in [7, 11) is 0. The van der Waals surface area contributed by atoms with E-state index >= 15 is 0 Å². The van der Waals surface area contributed by atoms with Crippen LogP contribution in [-0.4, -0.2) is 66.6 Å². The highest BCUT2D eigenvalue weighted by Crippen LogP contribution is 2.23. The molecule has 0 radical (unpaired) electrons. The molecule has 0 aliphatic carbocycles. The van der Waals surface area contributed by atoms with Gasteiger partial charge in [0.1, 0.15) is 0 Å². The van der Waals surface area contributed by atoms with E-state index in [0.29, 0.717) is 6.54 Å². The molecule has 0 bridgehead atoms. The van der Waals surface area contributed by atoms with E-state index in [1.807, 2.05) is 0 Å². The van der Waals surface area contributed by atoms with Crippen molar-refractivity contribution >= 4 is 11.8 Å². The summed E-state index contributed by atoms with van der Waals surface area (Å²) in [5.41, 5.74) is 8.21. The Kier molecular flexibility index (Phi) is 4.78. The van der Waals surface area contributed by atoms with Gasteiger partial charge in [-0.3, -0.25) is 4.90 Å². The zero-order valence-electron chi connectivity index (χ0n) is 9.59. The number of hydrogen-bond donors (Lipinski definition) is 0. The maximum Gasteiger partial charge on any atom is 0.0385 e. The molecule has 16 heavy (non-hydrogen) atoms. The fourth-order valence-corrected chi connectivity index (χ4v) is 3.65. The average molecular weight is 241 g/mol. The van der Waals surface area contributed by atoms with Crippen molar-refractivity contribution in [2.45, 2.75) is 12.5 Å². The first-order chi connectivity index (χ1) is 7.90. The van der Waals surface area contributed by atoms with Crippen LogP contribution in [0.15, 0.2) is 5.11 Å². The third kappa shape index (κ3) is 3.28. The van der Waals surface area contributed by atoms with Gasteiger partial charge in [0, 0.05) is 56.0 Å². The fourth-order valence-electron chi connectivity index (χ4n) is 2.39. The molecule has 0 N–H and O–H groups in total. The van der Waals surface area contributed by atoms with Gasteiger partial charge in [0.15, 0.2) is 0 Å². The second-order valence-electron chi connectivity index (χ2n) is 4.35. The summed E-state index contributed by atoms with van der Waals surface area (Å²) in [5, 5.41) is 3.58. The van der Waals surface area contributed by atoms with Crippen LogP contribution in [0.25, 0.3) is 10.4 Å². The summed E-state index contributed by atoms with van der Waals surface area (Å²) in [6.45, 7) is 6.14. The van der Waals surface area contributed by atoms with Crippen molar-refractivity contribution < 1.29 is 0 Å². The molecule has 0 saturated carbocycles. The fraction of sp³-hybridized carbons (Fsp3) is 1.00. The van der Waals surface area contributed by atoms with Crippen LogP contribution in [0.2, 0.25) is 0 Å². The van der Waals surface area contributed by atoms with Gasteiger partial charge in [-0.05, 0) is 17.7 Å². The predicted molar refractivity (Wildman–Crippen MR) is 67.8 cm³/mol. The van der Waals surface area contributed by atoms with E-state index < -0.39 is 0 Å². The number of thioether (sulfide) groups is 1. The number of rotatable bonds is 4. The van der Waals surface area contributed by atoms with Crippen molar-refractivity contribution in [3.05, 3.63) is 10.4 Å². The highest BCUT2D eigenvalue weighted by atomic mass is 32.2. The van der Waals surface area contributed by atoms with Crippen molar-refractivity contribution in [1.82, 2.24) is 9.80 Å². The quantitative estimate of drug-likeness (QED) is 0.425. The van der Waals surface area contributed by atoms with Crippen molar-refractivity contribution in [3.63, 3.8) is 0 Å². The first-order valence-corrected chi connectivity index (χ1v) is 7.10. The lowest BCUT2D eigenvalue weighted by Crippen LogP contribution is -2.50. The van der Waals surface area contributed by atoms with Gasteiger partial charge in [-0.15, -0.1) is 0 Å². The molecule has 0 aromatic rings. The molecular formula is C10H19N5S. The van der Waals surface area contributed by atoms with Gasteiger partial charge < -0.3 is 4.90 Å². The highest BCUT2D eigenvalue weighted by Gasteiger charge is 2.25. The van der Waals surface area contributed by atoms with E-state index in [1.54, 1.807) is 0 Å². The Hall–Kier alpha value is -0.420. The lowest BCUT2D eigenvalue weighted by atomic mass is 10.2. The normalized spacial score (nSPS) is 27.9. The minimum Gasteiger partial charge on any atom is -0.301 e. The molecule has 2 heterocycles. The number of hydrogen-bond acceptors (Lipinski definition) is 4. The zero-order valence-corrected chi connectivity index (χ0v) is 10.4. The van der Waals surface area contributed by atoms with Crippen molar-refractivity contribution in [2.75, 3.05) is 50.8 Å². The Labute approximate surface area is 101 Å². The topological polar surface area (TPSA) is 55.2 Å². The first kappa shape index (κ1) is 12.0. The van der Waals surface area contributed by atoms with Crippen LogP contribution in [0.3, 0.4) is 0 Å². The Balaban J connectivity index is 1.67. The smallest absolute Gasteiger partial charge is 0.0385 e. The molecular weight excluding hydrogens is 222 g/mol. The summed E-state index contributed by atoms with van der Waals surface area (Å²) in [5.74, 6) is 2.65. The number of piperazine rings is 1. The lowest BCUT2D eigenvalue weighted by Gasteiger charge is -2.37. The summed E-state index contributed by atoms with van der Waals surface area (Å²) in [4.78, 5) is 7.81. The lowest BCUT2D eigenvalue weighted by molar-refractivity contribution is 0.107. The number of azide groups is 1. The molecule has 0 aromatic heterocycles. The van der Waals surface area contributed by atoms with E-state index in [4.69, 9.17) is 5.53 Å². The van der Waals surface area contributed by atoms with Crippen LogP contribution in [0.4, 0.5) is 0 Å². The first-order valence-electron chi connectivity index (χ1n) is 5.95. The second kappa shape index (κ2) is 6.35. The minimum atomic E-state index is 0.607. The van der Waals surface area contributed by atoms with Gasteiger partial charge in [-0.1, -0.05) is 5.11 Å². The molecule has 2 rings (SSSR count). The molecule has 0 amide bonds. The third-order valence-electron chi connectivity index (χ3n) is 3.41. The molecule has 0 aromatic carbocycles. The molecule has 2 aliphatic heterocycles. The molecule has 2 aliphatic rings. The highest BCUT2D eigenvalue weighted by molar-refractivity contribution is 7.99. The maximum absolute atomic E-state index is 8.21. The Bertz CT molecular complexity index is 252. The number of nitrogens with zero attached hydrogens (tertiary/aromatic N) is 5. The summed E-state index contributed by atoms with van der Waals surface area (Å²) in [6, 6.07) is 0.823. The van der Waals surface area contributed by atoms with E-state index in [1.165, 1.54) is 31.0 Å². The van der Waals surface area contributed by atoms with Gasteiger partial charge >= 0.3 is 0 Å². The van der Waals surface area contributed by atoms with E-state index in [0.717, 1.165) is 25.7 Å². The SMILES string of the molecule is [N-]=[N+]=NCCN1CCN([C@@H]2CCSC2)CC1. The van der Waals surface area contributed by atoms with Crippen LogP contribution in [0.1, 0.15) is 6.42 Å². The summed E-state index contributed by atoms with van der Waals surface area (Å²) in [6.07, 6.45) is 1.36. The predicted octanol–water partition coefficient (Wildman–Crippen LogP) is 1.42. The largest absolute Gasteiger partial charge is 0.301 e. The zero-order chi connectivity index (χ0) is 11.2. The Morgan fingerprint density at radius 1 is 1.31 bits per heavy atom. The Morgan fingerprint density at radius 2 is 2.12 bits per heavy atom. The second-order valence-corrected chi connectivity index (χ2v) is 5.50. The van der Waals surface area contributed by atoms with Crippen LogP contribution in [0, 0.1) is 0 Å². The van der Waals surface area contributed by atoms with Crippen LogP contribution in [0.5, 0.6) is 0 Å². The third-order valence-corrected chi connectivity index (χ3v) is 4.55. The summed E-state index contributed by atoms with van der Waals surface area (Å²) < 4.78 is 0. The van der Waals surface area contributed by atoms with Gasteiger partial charge in [-0.25, -0.2) is 0 Å². The molecule has 0 unspecified atom stereocenters. The molecule has 2 fully saturated rings. The van der Waals surface area contributed by atoms with Gasteiger partial charge in [0.05, 0.1) is 0 Å². The van der Waals surface area contributed by atoms with Gasteiger partial charge in [-0.2, -0.15) is 11.8 Å². The molecule has 6 heteroatoms. The van der Waals surface area contributed by atoms with Crippen LogP contribution in [-0.2, 0) is 0 Å². The molecule has 1 atom stereocenters.